The third kappa shape index (κ3) is 5.43. The number of guanidine groups is 1. The molecule has 2 N–H and O–H groups in total. The maximum atomic E-state index is 5.38. The first kappa shape index (κ1) is 17.5. The van der Waals surface area contributed by atoms with Gasteiger partial charge in [-0.1, -0.05) is 13.3 Å². The zero-order valence-corrected chi connectivity index (χ0v) is 14.5. The van der Waals surface area contributed by atoms with Gasteiger partial charge >= 0.3 is 0 Å². The van der Waals surface area contributed by atoms with Crippen LogP contribution in [0, 0.1) is 5.41 Å². The number of hydrogen-bond donors (Lipinski definition) is 2. The van der Waals surface area contributed by atoms with Gasteiger partial charge in [-0.25, -0.2) is 0 Å². The van der Waals surface area contributed by atoms with E-state index in [1.807, 2.05) is 0 Å². The monoisotopic (exact) mass is 310 g/mol. The smallest absolute Gasteiger partial charge is 0.191 e. The normalized spacial score (nSPS) is 22.2. The van der Waals surface area contributed by atoms with E-state index in [0.717, 1.165) is 64.9 Å². The summed E-state index contributed by atoms with van der Waals surface area (Å²) in [5, 5.41) is 6.86. The van der Waals surface area contributed by atoms with E-state index in [1.54, 1.807) is 0 Å². The lowest BCUT2D eigenvalue weighted by Gasteiger charge is -2.40. The summed E-state index contributed by atoms with van der Waals surface area (Å²) in [7, 11) is 0. The Morgan fingerprint density at radius 2 is 1.95 bits per heavy atom. The minimum absolute atomic E-state index is 0.496. The lowest BCUT2D eigenvalue weighted by Crippen LogP contribution is -2.41. The molecule has 0 spiro atoms. The van der Waals surface area contributed by atoms with Gasteiger partial charge in [0.05, 0.1) is 13.2 Å². The van der Waals surface area contributed by atoms with Crippen molar-refractivity contribution in [1.82, 2.24) is 15.5 Å². The summed E-state index contributed by atoms with van der Waals surface area (Å²) < 4.78 is 5.38. The second-order valence-corrected chi connectivity index (χ2v) is 6.64. The molecule has 0 unspecified atom stereocenters. The van der Waals surface area contributed by atoms with Gasteiger partial charge in [0.1, 0.15) is 0 Å². The molecule has 1 aliphatic heterocycles. The molecule has 0 aromatic heterocycles. The zero-order chi connectivity index (χ0) is 15.7. The zero-order valence-electron chi connectivity index (χ0n) is 14.5. The Morgan fingerprint density at radius 3 is 2.55 bits per heavy atom. The summed E-state index contributed by atoms with van der Waals surface area (Å²) in [6.07, 6.45) is 6.50. The first-order valence-electron chi connectivity index (χ1n) is 9.10. The summed E-state index contributed by atoms with van der Waals surface area (Å²) in [5.41, 5.74) is 0.496. The van der Waals surface area contributed by atoms with Crippen LogP contribution in [0.4, 0.5) is 0 Å². The van der Waals surface area contributed by atoms with Crippen molar-refractivity contribution in [2.24, 2.45) is 10.4 Å². The molecule has 5 nitrogen and oxygen atoms in total. The predicted molar refractivity (Wildman–Crippen MR) is 92.4 cm³/mol. The van der Waals surface area contributed by atoms with Gasteiger partial charge in [0, 0.05) is 32.7 Å². The second-order valence-electron chi connectivity index (χ2n) is 6.64. The van der Waals surface area contributed by atoms with Crippen molar-refractivity contribution in [2.45, 2.75) is 46.0 Å². The van der Waals surface area contributed by atoms with Gasteiger partial charge in [-0.15, -0.1) is 0 Å². The third-order valence-electron chi connectivity index (χ3n) is 5.13. The van der Waals surface area contributed by atoms with Crippen molar-refractivity contribution in [3.05, 3.63) is 0 Å². The van der Waals surface area contributed by atoms with E-state index in [-0.39, 0.29) is 0 Å². The molecule has 0 aromatic rings. The fraction of sp³-hybridized carbons (Fsp3) is 0.941. The molecule has 2 rings (SSSR count). The van der Waals surface area contributed by atoms with E-state index < -0.39 is 0 Å². The topological polar surface area (TPSA) is 48.9 Å². The Kier molecular flexibility index (Phi) is 7.46. The number of ether oxygens (including phenoxy) is 1. The van der Waals surface area contributed by atoms with Gasteiger partial charge in [-0.05, 0) is 44.6 Å². The number of hydrogen-bond acceptors (Lipinski definition) is 3. The largest absolute Gasteiger partial charge is 0.379 e. The molecule has 0 aromatic carbocycles. The molecule has 1 saturated carbocycles. The maximum Gasteiger partial charge on any atom is 0.191 e. The summed E-state index contributed by atoms with van der Waals surface area (Å²) in [4.78, 5) is 7.31. The highest BCUT2D eigenvalue weighted by atomic mass is 16.5. The van der Waals surface area contributed by atoms with Gasteiger partial charge < -0.3 is 15.4 Å². The van der Waals surface area contributed by atoms with E-state index in [2.05, 4.69) is 29.4 Å². The molecule has 2 aliphatic rings. The molecular weight excluding hydrogens is 276 g/mol. The Balaban J connectivity index is 1.66. The quantitative estimate of drug-likeness (QED) is 0.408. The molecule has 1 heterocycles. The van der Waals surface area contributed by atoms with E-state index in [1.165, 1.54) is 25.7 Å². The van der Waals surface area contributed by atoms with Gasteiger partial charge in [-0.2, -0.15) is 0 Å². The summed E-state index contributed by atoms with van der Waals surface area (Å²) in [6.45, 7) is 12.4. The second kappa shape index (κ2) is 9.36. The average molecular weight is 310 g/mol. The molecule has 0 radical (unpaired) electrons. The van der Waals surface area contributed by atoms with Crippen LogP contribution < -0.4 is 10.6 Å². The van der Waals surface area contributed by atoms with Crippen molar-refractivity contribution < 1.29 is 4.74 Å². The van der Waals surface area contributed by atoms with Crippen LogP contribution in [0.2, 0.25) is 0 Å². The Labute approximate surface area is 135 Å². The third-order valence-corrected chi connectivity index (χ3v) is 5.13. The Bertz CT molecular complexity index is 330. The van der Waals surface area contributed by atoms with Crippen molar-refractivity contribution >= 4 is 5.96 Å². The minimum Gasteiger partial charge on any atom is -0.379 e. The van der Waals surface area contributed by atoms with Crippen LogP contribution >= 0.6 is 0 Å². The van der Waals surface area contributed by atoms with Crippen LogP contribution in [-0.2, 0) is 4.74 Å². The number of nitrogens with one attached hydrogen (secondary N) is 2. The number of rotatable bonds is 8. The van der Waals surface area contributed by atoms with Crippen molar-refractivity contribution in [2.75, 3.05) is 52.5 Å². The highest BCUT2D eigenvalue weighted by molar-refractivity contribution is 5.79. The minimum atomic E-state index is 0.496. The highest BCUT2D eigenvalue weighted by Gasteiger charge is 2.34. The summed E-state index contributed by atoms with van der Waals surface area (Å²) >= 11 is 0. The van der Waals surface area contributed by atoms with Crippen LogP contribution in [-0.4, -0.2) is 63.3 Å². The Morgan fingerprint density at radius 1 is 1.18 bits per heavy atom. The standard InChI is InChI=1S/C17H34N4O/c1-3-17(7-5-8-17)15-20-16(18-4-2)19-9-6-10-21-11-13-22-14-12-21/h3-15H2,1-2H3,(H2,18,19,20). The number of nitrogens with zero attached hydrogens (tertiary/aromatic N) is 2. The fourth-order valence-corrected chi connectivity index (χ4v) is 3.22. The lowest BCUT2D eigenvalue weighted by atomic mass is 9.67. The first-order chi connectivity index (χ1) is 10.8. The van der Waals surface area contributed by atoms with Crippen molar-refractivity contribution in [3.63, 3.8) is 0 Å². The van der Waals surface area contributed by atoms with Gasteiger partial charge in [0.15, 0.2) is 5.96 Å². The molecule has 0 bridgehead atoms. The summed E-state index contributed by atoms with van der Waals surface area (Å²) in [6, 6.07) is 0. The molecule has 1 aliphatic carbocycles. The fourth-order valence-electron chi connectivity index (χ4n) is 3.22. The molecule has 22 heavy (non-hydrogen) atoms. The van der Waals surface area contributed by atoms with Crippen molar-refractivity contribution in [1.29, 1.82) is 0 Å². The molecule has 5 heteroatoms. The van der Waals surface area contributed by atoms with Crippen LogP contribution in [0.15, 0.2) is 4.99 Å². The summed E-state index contributed by atoms with van der Waals surface area (Å²) in [5.74, 6) is 0.990. The van der Waals surface area contributed by atoms with E-state index >= 15 is 0 Å². The molecule has 128 valence electrons. The van der Waals surface area contributed by atoms with Crippen LogP contribution in [0.1, 0.15) is 46.0 Å². The van der Waals surface area contributed by atoms with Gasteiger partial charge in [-0.3, -0.25) is 9.89 Å². The molecule has 0 atom stereocenters. The van der Waals surface area contributed by atoms with E-state index in [4.69, 9.17) is 9.73 Å². The molecule has 1 saturated heterocycles. The van der Waals surface area contributed by atoms with Crippen LogP contribution in [0.5, 0.6) is 0 Å². The lowest BCUT2D eigenvalue weighted by molar-refractivity contribution is 0.0376. The predicted octanol–water partition coefficient (Wildman–Crippen LogP) is 1.84. The number of aliphatic imine (C=N–C) groups is 1. The van der Waals surface area contributed by atoms with Crippen molar-refractivity contribution in [3.8, 4) is 0 Å². The molecule has 0 amide bonds. The average Bonchev–Trinajstić information content (AvgIpc) is 2.51. The van der Waals surface area contributed by atoms with E-state index in [0.29, 0.717) is 5.41 Å². The first-order valence-corrected chi connectivity index (χ1v) is 9.10. The van der Waals surface area contributed by atoms with Gasteiger partial charge in [0.25, 0.3) is 0 Å². The Hall–Kier alpha value is -0.810. The highest BCUT2D eigenvalue weighted by Crippen LogP contribution is 2.43. The van der Waals surface area contributed by atoms with Gasteiger partial charge in [0.2, 0.25) is 0 Å². The molecular formula is C17H34N4O. The van der Waals surface area contributed by atoms with Crippen LogP contribution in [0.25, 0.3) is 0 Å². The maximum absolute atomic E-state index is 5.38. The van der Waals surface area contributed by atoms with E-state index in [9.17, 15) is 0 Å². The SMILES string of the molecule is CCNC(=NCC1(CC)CCC1)NCCCN1CCOCC1. The van der Waals surface area contributed by atoms with Crippen LogP contribution in [0.3, 0.4) is 0 Å². The number of morpholine rings is 1. The molecule has 2 fully saturated rings.